The molecule has 0 radical (unpaired) electrons. The van der Waals surface area contributed by atoms with Crippen molar-refractivity contribution >= 4 is 11.8 Å². The molecule has 1 atom stereocenters. The van der Waals surface area contributed by atoms with Crippen LogP contribution in [-0.4, -0.2) is 19.4 Å². The van der Waals surface area contributed by atoms with E-state index in [1.807, 2.05) is 0 Å². The van der Waals surface area contributed by atoms with Gasteiger partial charge in [0.15, 0.2) is 0 Å². The van der Waals surface area contributed by atoms with Crippen molar-refractivity contribution in [3.05, 3.63) is 65.7 Å². The van der Waals surface area contributed by atoms with Gasteiger partial charge in [-0.25, -0.2) is 4.79 Å². The summed E-state index contributed by atoms with van der Waals surface area (Å²) in [7, 11) is 1.01. The Labute approximate surface area is 156 Å². The number of amides is 1. The maximum Gasteiger partial charge on any atom is 0.438 e. The molecule has 2 rings (SSSR count). The van der Waals surface area contributed by atoms with Crippen LogP contribution in [0.1, 0.15) is 23.7 Å². The number of hydrogen-bond acceptors (Lipinski definition) is 3. The van der Waals surface area contributed by atoms with Gasteiger partial charge >= 0.3 is 18.4 Å². The molecule has 0 bridgehead atoms. The zero-order valence-electron chi connectivity index (χ0n) is 14.4. The number of hydroxylamine groups is 1. The predicted molar refractivity (Wildman–Crippen MR) is 87.3 cm³/mol. The van der Waals surface area contributed by atoms with E-state index in [1.165, 1.54) is 24.3 Å². The molecule has 152 valence electrons. The number of benzene rings is 2. The Balaban J connectivity index is 2.37. The third-order valence-electron chi connectivity index (χ3n) is 3.59. The van der Waals surface area contributed by atoms with Gasteiger partial charge in [-0.1, -0.05) is 30.3 Å². The van der Waals surface area contributed by atoms with Gasteiger partial charge in [-0.05, 0) is 29.8 Å². The molecule has 0 heterocycles. The van der Waals surface area contributed by atoms with E-state index < -0.39 is 36.5 Å². The average Bonchev–Trinajstić information content (AvgIpc) is 2.63. The third kappa shape index (κ3) is 5.88. The fourth-order valence-electron chi connectivity index (χ4n) is 2.30. The van der Waals surface area contributed by atoms with E-state index >= 15 is 0 Å². The summed E-state index contributed by atoms with van der Waals surface area (Å²) in [5.41, 5.74) is -1.11. The van der Waals surface area contributed by atoms with E-state index in [-0.39, 0.29) is 11.3 Å². The van der Waals surface area contributed by atoms with Crippen LogP contribution in [0.4, 0.5) is 36.8 Å². The Bertz CT molecular complexity index is 775. The Morgan fingerprint density at radius 3 is 2.00 bits per heavy atom. The number of carbonyl (C=O) groups excluding carboxylic acids is 1. The third-order valence-corrected chi connectivity index (χ3v) is 3.59. The molecule has 0 fully saturated rings. The minimum absolute atomic E-state index is 0.0911. The van der Waals surface area contributed by atoms with Crippen molar-refractivity contribution in [3.8, 4) is 0 Å². The minimum atomic E-state index is -4.70. The van der Waals surface area contributed by atoms with Crippen LogP contribution in [0.3, 0.4) is 0 Å². The summed E-state index contributed by atoms with van der Waals surface area (Å²) in [6, 6.07) is 10.5. The van der Waals surface area contributed by atoms with E-state index in [4.69, 9.17) is 4.84 Å². The molecular formula is C18H15F6NO3. The van der Waals surface area contributed by atoms with Gasteiger partial charge in [0.2, 0.25) is 0 Å². The van der Waals surface area contributed by atoms with Crippen molar-refractivity contribution in [2.24, 2.45) is 0 Å². The lowest BCUT2D eigenvalue weighted by Gasteiger charge is -2.27. The van der Waals surface area contributed by atoms with Gasteiger partial charge in [-0.15, -0.1) is 0 Å². The molecule has 1 amide bonds. The molecule has 0 aromatic heterocycles. The molecule has 0 saturated carbocycles. The second-order valence-corrected chi connectivity index (χ2v) is 5.63. The fraction of sp³-hybridized carbons (Fsp3) is 0.278. The molecule has 28 heavy (non-hydrogen) atoms. The van der Waals surface area contributed by atoms with Crippen molar-refractivity contribution in [1.29, 1.82) is 0 Å². The first kappa shape index (κ1) is 21.5. The Morgan fingerprint density at radius 1 is 0.964 bits per heavy atom. The fourth-order valence-corrected chi connectivity index (χ4v) is 2.30. The van der Waals surface area contributed by atoms with E-state index in [1.54, 1.807) is 6.07 Å². The van der Waals surface area contributed by atoms with Gasteiger partial charge in [-0.2, -0.15) is 31.4 Å². The topological polar surface area (TPSA) is 38.8 Å². The number of nitrogens with zero attached hydrogens (tertiary/aromatic N) is 1. The van der Waals surface area contributed by atoms with Crippen LogP contribution < -0.4 is 5.06 Å². The van der Waals surface area contributed by atoms with Crippen molar-refractivity contribution in [2.45, 2.75) is 24.9 Å². The molecular weight excluding hydrogens is 392 g/mol. The van der Waals surface area contributed by atoms with Gasteiger partial charge in [0.25, 0.3) is 0 Å². The number of hydrogen-bond donors (Lipinski definition) is 0. The van der Waals surface area contributed by atoms with Crippen LogP contribution in [0.25, 0.3) is 0 Å². The monoisotopic (exact) mass is 407 g/mol. The highest BCUT2D eigenvalue weighted by Gasteiger charge is 2.37. The van der Waals surface area contributed by atoms with Crippen LogP contribution in [0.15, 0.2) is 54.6 Å². The SMILES string of the molecule is COC(=O)N(OC(CC(F)(F)F)c1ccc(C(F)(F)F)cc1)c1ccccc1. The second-order valence-electron chi connectivity index (χ2n) is 5.63. The summed E-state index contributed by atoms with van der Waals surface area (Å²) in [5.74, 6) is 0. The lowest BCUT2D eigenvalue weighted by Crippen LogP contribution is -2.34. The predicted octanol–water partition coefficient (Wildman–Crippen LogP) is 5.90. The van der Waals surface area contributed by atoms with E-state index in [0.717, 1.165) is 19.2 Å². The molecule has 0 aliphatic heterocycles. The second kappa shape index (κ2) is 8.51. The van der Waals surface area contributed by atoms with Gasteiger partial charge in [0, 0.05) is 0 Å². The molecule has 2 aromatic carbocycles. The van der Waals surface area contributed by atoms with Crippen molar-refractivity contribution in [1.82, 2.24) is 0 Å². The lowest BCUT2D eigenvalue weighted by atomic mass is 10.0. The number of carbonyl (C=O) groups is 1. The standard InChI is InChI=1S/C18H15F6NO3/c1-27-16(26)25(14-5-3-2-4-6-14)28-15(11-17(19,20)21)12-7-9-13(10-8-12)18(22,23)24/h2-10,15H,11H2,1H3. The first-order chi connectivity index (χ1) is 13.0. The first-order valence-electron chi connectivity index (χ1n) is 7.85. The highest BCUT2D eigenvalue weighted by Crippen LogP contribution is 2.36. The number of para-hydroxylation sites is 1. The van der Waals surface area contributed by atoms with E-state index in [0.29, 0.717) is 17.2 Å². The Hall–Kier alpha value is -2.75. The van der Waals surface area contributed by atoms with Gasteiger partial charge < -0.3 is 4.74 Å². The largest absolute Gasteiger partial charge is 0.451 e. The van der Waals surface area contributed by atoms with Gasteiger partial charge in [0.05, 0.1) is 24.8 Å². The Morgan fingerprint density at radius 2 is 1.54 bits per heavy atom. The molecule has 4 nitrogen and oxygen atoms in total. The highest BCUT2D eigenvalue weighted by molar-refractivity contribution is 5.85. The number of alkyl halides is 6. The summed E-state index contributed by atoms with van der Waals surface area (Å²) in [5, 5.41) is 0.522. The van der Waals surface area contributed by atoms with Crippen LogP contribution in [-0.2, 0) is 15.8 Å². The number of methoxy groups -OCH3 is 1. The summed E-state index contributed by atoms with van der Waals surface area (Å²) in [6.45, 7) is 0. The van der Waals surface area contributed by atoms with E-state index in [2.05, 4.69) is 4.74 Å². The first-order valence-corrected chi connectivity index (χ1v) is 7.85. The van der Waals surface area contributed by atoms with Crippen molar-refractivity contribution in [2.75, 3.05) is 12.2 Å². The minimum Gasteiger partial charge on any atom is -0.451 e. The van der Waals surface area contributed by atoms with E-state index in [9.17, 15) is 31.1 Å². The van der Waals surface area contributed by atoms with Crippen LogP contribution in [0, 0.1) is 0 Å². The highest BCUT2D eigenvalue weighted by atomic mass is 19.4. The van der Waals surface area contributed by atoms with Gasteiger partial charge in [-0.3, -0.25) is 4.84 Å². The quantitative estimate of drug-likeness (QED) is 0.457. The maximum absolute atomic E-state index is 13.0. The van der Waals surface area contributed by atoms with Crippen LogP contribution >= 0.6 is 0 Å². The molecule has 0 N–H and O–H groups in total. The van der Waals surface area contributed by atoms with Gasteiger partial charge in [0.1, 0.15) is 6.10 Å². The zero-order chi connectivity index (χ0) is 20.9. The van der Waals surface area contributed by atoms with Crippen molar-refractivity contribution in [3.63, 3.8) is 0 Å². The Kier molecular flexibility index (Phi) is 6.55. The number of rotatable bonds is 5. The normalized spacial score (nSPS) is 13.1. The summed E-state index contributed by atoms with van der Waals surface area (Å²) in [6.07, 6.45) is -13.7. The molecule has 0 saturated heterocycles. The average molecular weight is 407 g/mol. The smallest absolute Gasteiger partial charge is 0.438 e. The molecule has 1 unspecified atom stereocenters. The zero-order valence-corrected chi connectivity index (χ0v) is 14.4. The summed E-state index contributed by atoms with van der Waals surface area (Å²) < 4.78 is 81.6. The number of anilines is 1. The summed E-state index contributed by atoms with van der Waals surface area (Å²) in [4.78, 5) is 17.2. The van der Waals surface area contributed by atoms with Crippen molar-refractivity contribution < 1.29 is 40.7 Å². The van der Waals surface area contributed by atoms with Crippen LogP contribution in [0.5, 0.6) is 0 Å². The maximum atomic E-state index is 13.0. The summed E-state index contributed by atoms with van der Waals surface area (Å²) >= 11 is 0. The molecule has 0 spiro atoms. The molecule has 0 aliphatic rings. The van der Waals surface area contributed by atoms with Crippen LogP contribution in [0.2, 0.25) is 0 Å². The number of ether oxygens (including phenoxy) is 1. The molecule has 10 heteroatoms. The molecule has 2 aromatic rings. The number of halogens is 6. The lowest BCUT2D eigenvalue weighted by molar-refractivity contribution is -0.163. The molecule has 0 aliphatic carbocycles.